The van der Waals surface area contributed by atoms with E-state index in [2.05, 4.69) is 28.5 Å². The quantitative estimate of drug-likeness (QED) is 0.856. The second kappa shape index (κ2) is 7.03. The van der Waals surface area contributed by atoms with Crippen molar-refractivity contribution in [3.63, 3.8) is 0 Å². The van der Waals surface area contributed by atoms with Gasteiger partial charge in [0.2, 0.25) is 5.91 Å². The van der Waals surface area contributed by atoms with Crippen molar-refractivity contribution in [1.29, 1.82) is 0 Å². The van der Waals surface area contributed by atoms with Crippen LogP contribution < -0.4 is 4.90 Å². The van der Waals surface area contributed by atoms with Gasteiger partial charge in [-0.1, -0.05) is 18.2 Å². The third-order valence-corrected chi connectivity index (χ3v) is 5.78. The Morgan fingerprint density at radius 1 is 1.12 bits per heavy atom. The Bertz CT molecular complexity index is 721. The molecule has 1 aromatic carbocycles. The minimum atomic E-state index is 0.167. The number of anilines is 1. The van der Waals surface area contributed by atoms with Crippen LogP contribution in [-0.4, -0.2) is 35.4 Å². The number of para-hydroxylation sites is 1. The molecular weight excluding hydrogens is 318 g/mol. The van der Waals surface area contributed by atoms with Gasteiger partial charge in [-0.3, -0.25) is 9.69 Å². The summed E-state index contributed by atoms with van der Waals surface area (Å²) in [4.78, 5) is 21.9. The highest BCUT2D eigenvalue weighted by atomic mass is 32.1. The average molecular weight is 341 g/mol. The topological polar surface area (TPSA) is 36.4 Å². The molecule has 5 heteroatoms. The lowest BCUT2D eigenvalue weighted by Crippen LogP contribution is -2.36. The summed E-state index contributed by atoms with van der Waals surface area (Å²) in [5.41, 5.74) is 3.29. The predicted octanol–water partition coefficient (Wildman–Crippen LogP) is 3.26. The largest absolute Gasteiger partial charge is 0.312 e. The van der Waals surface area contributed by atoms with Crippen LogP contribution in [0.1, 0.15) is 35.5 Å². The minimum absolute atomic E-state index is 0.167. The first-order valence-corrected chi connectivity index (χ1v) is 9.71. The van der Waals surface area contributed by atoms with E-state index in [4.69, 9.17) is 4.98 Å². The highest BCUT2D eigenvalue weighted by Gasteiger charge is 2.23. The molecule has 0 saturated carbocycles. The Balaban J connectivity index is 1.42. The predicted molar refractivity (Wildman–Crippen MR) is 97.4 cm³/mol. The van der Waals surface area contributed by atoms with Gasteiger partial charge in [-0.25, -0.2) is 4.98 Å². The number of thiazole rings is 1. The Labute approximate surface area is 147 Å². The van der Waals surface area contributed by atoms with E-state index in [-0.39, 0.29) is 5.91 Å². The van der Waals surface area contributed by atoms with Crippen LogP contribution in [-0.2, 0) is 24.2 Å². The zero-order valence-corrected chi connectivity index (χ0v) is 14.7. The maximum Gasteiger partial charge on any atom is 0.233 e. The Kier molecular flexibility index (Phi) is 4.63. The summed E-state index contributed by atoms with van der Waals surface area (Å²) in [6.07, 6.45) is 5.11. The van der Waals surface area contributed by atoms with E-state index in [1.165, 1.54) is 31.5 Å². The molecule has 2 aromatic rings. The highest BCUT2D eigenvalue weighted by molar-refractivity contribution is 7.09. The van der Waals surface area contributed by atoms with Crippen LogP contribution in [0.25, 0.3) is 0 Å². The fourth-order valence-corrected chi connectivity index (χ4v) is 4.51. The summed E-state index contributed by atoms with van der Waals surface area (Å²) in [5.74, 6) is 0.167. The Morgan fingerprint density at radius 3 is 2.83 bits per heavy atom. The van der Waals surface area contributed by atoms with Crippen molar-refractivity contribution in [2.75, 3.05) is 24.5 Å². The molecule has 126 valence electrons. The fraction of sp³-hybridized carbons (Fsp3) is 0.474. The zero-order chi connectivity index (χ0) is 16.4. The van der Waals surface area contributed by atoms with Crippen LogP contribution in [0.5, 0.6) is 0 Å². The minimum Gasteiger partial charge on any atom is -0.312 e. The molecule has 0 unspecified atom stereocenters. The van der Waals surface area contributed by atoms with E-state index in [9.17, 15) is 4.79 Å². The molecule has 1 amide bonds. The van der Waals surface area contributed by atoms with Crippen LogP contribution in [0.3, 0.4) is 0 Å². The molecule has 2 aliphatic heterocycles. The SMILES string of the molecule is O=C(Cc1csc(CN2CCCC2)n1)N1CCCc2ccccc21. The van der Waals surface area contributed by atoms with Gasteiger partial charge in [-0.05, 0) is 50.4 Å². The van der Waals surface area contributed by atoms with Gasteiger partial charge in [0.15, 0.2) is 0 Å². The lowest BCUT2D eigenvalue weighted by molar-refractivity contribution is -0.118. The fourth-order valence-electron chi connectivity index (χ4n) is 3.68. The van der Waals surface area contributed by atoms with Crippen molar-refractivity contribution < 1.29 is 4.79 Å². The van der Waals surface area contributed by atoms with Gasteiger partial charge in [0.1, 0.15) is 5.01 Å². The molecule has 2 aliphatic rings. The van der Waals surface area contributed by atoms with Gasteiger partial charge in [0.25, 0.3) is 0 Å². The summed E-state index contributed by atoms with van der Waals surface area (Å²) in [6, 6.07) is 8.26. The van der Waals surface area contributed by atoms with Crippen LogP contribution in [0.2, 0.25) is 0 Å². The lowest BCUT2D eigenvalue weighted by Gasteiger charge is -2.29. The van der Waals surface area contributed by atoms with E-state index >= 15 is 0 Å². The molecule has 0 bridgehead atoms. The zero-order valence-electron chi connectivity index (χ0n) is 13.9. The van der Waals surface area contributed by atoms with Crippen molar-refractivity contribution in [3.8, 4) is 0 Å². The number of benzene rings is 1. The molecular formula is C19H23N3OS. The molecule has 3 heterocycles. The lowest BCUT2D eigenvalue weighted by atomic mass is 10.0. The third-order valence-electron chi connectivity index (χ3n) is 4.90. The molecule has 0 atom stereocenters. The van der Waals surface area contributed by atoms with Crippen LogP contribution in [0.4, 0.5) is 5.69 Å². The number of likely N-dealkylation sites (tertiary alicyclic amines) is 1. The number of hydrogen-bond acceptors (Lipinski definition) is 4. The highest BCUT2D eigenvalue weighted by Crippen LogP contribution is 2.27. The summed E-state index contributed by atoms with van der Waals surface area (Å²) < 4.78 is 0. The number of aromatic nitrogens is 1. The van der Waals surface area contributed by atoms with Crippen molar-refractivity contribution >= 4 is 22.9 Å². The van der Waals surface area contributed by atoms with Crippen LogP contribution in [0.15, 0.2) is 29.6 Å². The van der Waals surface area contributed by atoms with Crippen molar-refractivity contribution in [1.82, 2.24) is 9.88 Å². The van der Waals surface area contributed by atoms with Gasteiger partial charge in [0.05, 0.1) is 18.7 Å². The van der Waals surface area contributed by atoms with E-state index in [1.54, 1.807) is 11.3 Å². The summed E-state index contributed by atoms with van der Waals surface area (Å²) in [7, 11) is 0. The number of aryl methyl sites for hydroxylation is 1. The van der Waals surface area contributed by atoms with Gasteiger partial charge < -0.3 is 4.90 Å². The molecule has 1 aromatic heterocycles. The summed E-state index contributed by atoms with van der Waals surface area (Å²) in [6.45, 7) is 4.11. The van der Waals surface area contributed by atoms with Crippen molar-refractivity contribution in [3.05, 3.63) is 45.9 Å². The maximum atomic E-state index is 12.8. The molecule has 0 aliphatic carbocycles. The number of fused-ring (bicyclic) bond motifs is 1. The smallest absolute Gasteiger partial charge is 0.233 e. The number of carbonyl (C=O) groups is 1. The molecule has 24 heavy (non-hydrogen) atoms. The van der Waals surface area contributed by atoms with E-state index in [0.717, 1.165) is 42.3 Å². The third kappa shape index (κ3) is 3.37. The monoisotopic (exact) mass is 341 g/mol. The number of carbonyl (C=O) groups excluding carboxylic acids is 1. The Morgan fingerprint density at radius 2 is 1.96 bits per heavy atom. The molecule has 1 fully saturated rings. The summed E-state index contributed by atoms with van der Waals surface area (Å²) in [5, 5.41) is 3.19. The van der Waals surface area contributed by atoms with Gasteiger partial charge in [-0.15, -0.1) is 11.3 Å². The molecule has 4 nitrogen and oxygen atoms in total. The second-order valence-corrected chi connectivity index (χ2v) is 7.61. The number of hydrogen-bond donors (Lipinski definition) is 0. The van der Waals surface area contributed by atoms with Gasteiger partial charge >= 0.3 is 0 Å². The van der Waals surface area contributed by atoms with Gasteiger partial charge in [-0.2, -0.15) is 0 Å². The molecule has 0 radical (unpaired) electrons. The van der Waals surface area contributed by atoms with E-state index < -0.39 is 0 Å². The normalized spacial score (nSPS) is 17.9. The molecule has 4 rings (SSSR count). The Hall–Kier alpha value is -1.72. The standard InChI is InChI=1S/C19H23N3OS/c23-19(22-11-5-7-15-6-1-2-8-17(15)22)12-16-14-24-18(20-16)13-21-9-3-4-10-21/h1-2,6,8,14H,3-5,7,9-13H2. The summed E-state index contributed by atoms with van der Waals surface area (Å²) >= 11 is 1.69. The van der Waals surface area contributed by atoms with Crippen LogP contribution >= 0.6 is 11.3 Å². The van der Waals surface area contributed by atoms with Crippen molar-refractivity contribution in [2.24, 2.45) is 0 Å². The molecule has 1 saturated heterocycles. The van der Waals surface area contributed by atoms with Crippen LogP contribution in [0, 0.1) is 0 Å². The average Bonchev–Trinajstić information content (AvgIpc) is 3.27. The first-order valence-electron chi connectivity index (χ1n) is 8.83. The van der Waals surface area contributed by atoms with E-state index in [0.29, 0.717) is 6.42 Å². The van der Waals surface area contributed by atoms with E-state index in [1.807, 2.05) is 11.0 Å². The second-order valence-electron chi connectivity index (χ2n) is 6.67. The first-order chi connectivity index (χ1) is 11.8. The van der Waals surface area contributed by atoms with Gasteiger partial charge in [0, 0.05) is 17.6 Å². The number of nitrogens with zero attached hydrogens (tertiary/aromatic N) is 3. The maximum absolute atomic E-state index is 12.8. The first kappa shape index (κ1) is 15.8. The molecule has 0 N–H and O–H groups in total. The number of amides is 1. The molecule has 0 spiro atoms. The van der Waals surface area contributed by atoms with Crippen molar-refractivity contribution in [2.45, 2.75) is 38.6 Å². The number of rotatable bonds is 4.